The van der Waals surface area contributed by atoms with Crippen LogP contribution in [0.15, 0.2) is 18.2 Å². The molecule has 9 heteroatoms. The standard InChI is InChI=1S/C12H13ClN2O5S/c1-14(9-4-5-21(19,20)7-9)12(16)8-2-3-11(15(17)18)10(13)6-8/h2-3,6,9H,4-5,7H2,1H3. The Balaban J connectivity index is 2.20. The minimum absolute atomic E-state index is 0.0596. The monoisotopic (exact) mass is 332 g/mol. The van der Waals surface area contributed by atoms with Crippen molar-refractivity contribution in [3.8, 4) is 0 Å². The van der Waals surface area contributed by atoms with E-state index in [1.807, 2.05) is 0 Å². The van der Waals surface area contributed by atoms with Crippen LogP contribution < -0.4 is 0 Å². The van der Waals surface area contributed by atoms with Gasteiger partial charge in [0.25, 0.3) is 11.6 Å². The van der Waals surface area contributed by atoms with Crippen LogP contribution in [0.3, 0.4) is 0 Å². The summed E-state index contributed by atoms with van der Waals surface area (Å²) in [5, 5.41) is 10.5. The van der Waals surface area contributed by atoms with Gasteiger partial charge in [-0.3, -0.25) is 14.9 Å². The number of nitro benzene ring substituents is 1. The molecule has 1 aromatic rings. The van der Waals surface area contributed by atoms with Crippen LogP contribution in [0.1, 0.15) is 16.8 Å². The largest absolute Gasteiger partial charge is 0.338 e. The van der Waals surface area contributed by atoms with Gasteiger partial charge in [-0.2, -0.15) is 0 Å². The van der Waals surface area contributed by atoms with E-state index in [-0.39, 0.29) is 33.8 Å². The Morgan fingerprint density at radius 1 is 1.48 bits per heavy atom. The van der Waals surface area contributed by atoms with E-state index in [0.29, 0.717) is 6.42 Å². The zero-order valence-corrected chi connectivity index (χ0v) is 12.7. The van der Waals surface area contributed by atoms with Crippen LogP contribution in [-0.4, -0.2) is 48.7 Å². The first-order valence-corrected chi connectivity index (χ1v) is 8.33. The van der Waals surface area contributed by atoms with Crippen LogP contribution in [-0.2, 0) is 9.84 Å². The minimum atomic E-state index is -3.09. The number of hydrogen-bond acceptors (Lipinski definition) is 5. The molecule has 0 spiro atoms. The molecule has 1 amide bonds. The Morgan fingerprint density at radius 2 is 2.14 bits per heavy atom. The fourth-order valence-electron chi connectivity index (χ4n) is 2.24. The predicted octanol–water partition coefficient (Wildman–Crippen LogP) is 1.51. The molecule has 1 aliphatic rings. The average molecular weight is 333 g/mol. The number of halogens is 1. The number of rotatable bonds is 3. The zero-order chi connectivity index (χ0) is 15.8. The number of carbonyl (C=O) groups is 1. The van der Waals surface area contributed by atoms with Crippen LogP contribution in [0.2, 0.25) is 5.02 Å². The quantitative estimate of drug-likeness (QED) is 0.617. The second-order valence-corrected chi connectivity index (χ2v) is 7.53. The maximum Gasteiger partial charge on any atom is 0.287 e. The van der Waals surface area contributed by atoms with Crippen molar-refractivity contribution in [2.45, 2.75) is 12.5 Å². The van der Waals surface area contributed by atoms with E-state index in [0.717, 1.165) is 6.07 Å². The van der Waals surface area contributed by atoms with Gasteiger partial charge in [0, 0.05) is 24.7 Å². The van der Waals surface area contributed by atoms with Gasteiger partial charge >= 0.3 is 0 Å². The second kappa shape index (κ2) is 5.61. The lowest BCUT2D eigenvalue weighted by Gasteiger charge is -2.23. The van der Waals surface area contributed by atoms with Crippen molar-refractivity contribution in [2.24, 2.45) is 0 Å². The van der Waals surface area contributed by atoms with Gasteiger partial charge in [0.05, 0.1) is 16.4 Å². The topological polar surface area (TPSA) is 97.6 Å². The molecular weight excluding hydrogens is 320 g/mol. The molecule has 114 valence electrons. The summed E-state index contributed by atoms with van der Waals surface area (Å²) < 4.78 is 22.9. The maximum absolute atomic E-state index is 12.3. The number of nitrogens with zero attached hydrogens (tertiary/aromatic N) is 2. The molecule has 1 saturated heterocycles. The molecule has 0 N–H and O–H groups in total. The maximum atomic E-state index is 12.3. The first-order chi connectivity index (χ1) is 9.71. The second-order valence-electron chi connectivity index (χ2n) is 4.90. The van der Waals surface area contributed by atoms with Crippen molar-refractivity contribution < 1.29 is 18.1 Å². The number of hydrogen-bond donors (Lipinski definition) is 0. The van der Waals surface area contributed by atoms with Crippen LogP contribution in [0.5, 0.6) is 0 Å². The highest BCUT2D eigenvalue weighted by molar-refractivity contribution is 7.91. The summed E-state index contributed by atoms with van der Waals surface area (Å²) in [5.74, 6) is -0.402. The minimum Gasteiger partial charge on any atom is -0.338 e. The van der Waals surface area contributed by atoms with E-state index in [2.05, 4.69) is 0 Å². The summed E-state index contributed by atoms with van der Waals surface area (Å²) in [6.07, 6.45) is 0.394. The molecule has 1 aliphatic heterocycles. The SMILES string of the molecule is CN(C(=O)c1ccc([N+](=O)[O-])c(Cl)c1)C1CCS(=O)(=O)C1. The molecule has 1 heterocycles. The summed E-state index contributed by atoms with van der Waals surface area (Å²) in [6, 6.07) is 3.32. The number of benzene rings is 1. The third-order valence-electron chi connectivity index (χ3n) is 3.47. The van der Waals surface area contributed by atoms with E-state index in [1.165, 1.54) is 24.1 Å². The number of nitro groups is 1. The molecule has 0 aromatic heterocycles. The Labute approximate surface area is 126 Å². The zero-order valence-electron chi connectivity index (χ0n) is 11.2. The predicted molar refractivity (Wildman–Crippen MR) is 77.3 cm³/mol. The van der Waals surface area contributed by atoms with Crippen molar-refractivity contribution in [2.75, 3.05) is 18.6 Å². The molecule has 1 unspecified atom stereocenters. The molecule has 0 aliphatic carbocycles. The number of carbonyl (C=O) groups excluding carboxylic acids is 1. The summed E-state index contributed by atoms with van der Waals surface area (Å²) in [6.45, 7) is 0. The average Bonchev–Trinajstić information content (AvgIpc) is 2.76. The molecule has 0 saturated carbocycles. The van der Waals surface area contributed by atoms with Gasteiger partial charge in [-0.05, 0) is 18.6 Å². The molecule has 7 nitrogen and oxygen atoms in total. The Morgan fingerprint density at radius 3 is 2.62 bits per heavy atom. The number of sulfone groups is 1. The molecule has 2 rings (SSSR count). The Bertz CT molecular complexity index is 704. The smallest absolute Gasteiger partial charge is 0.287 e. The van der Waals surface area contributed by atoms with Crippen molar-refractivity contribution >= 4 is 33.0 Å². The molecule has 21 heavy (non-hydrogen) atoms. The van der Waals surface area contributed by atoms with E-state index in [1.54, 1.807) is 0 Å². The molecular formula is C12H13ClN2O5S. The van der Waals surface area contributed by atoms with Gasteiger partial charge in [0.2, 0.25) is 0 Å². The summed E-state index contributed by atoms with van der Waals surface area (Å²) in [5.41, 5.74) is -0.0864. The van der Waals surface area contributed by atoms with Crippen molar-refractivity contribution in [1.82, 2.24) is 4.90 Å². The van der Waals surface area contributed by atoms with Crippen molar-refractivity contribution in [3.63, 3.8) is 0 Å². The summed E-state index contributed by atoms with van der Waals surface area (Å²) in [7, 11) is -1.57. The van der Waals surface area contributed by atoms with Crippen molar-refractivity contribution in [3.05, 3.63) is 38.9 Å². The lowest BCUT2D eigenvalue weighted by Crippen LogP contribution is -2.37. The van der Waals surface area contributed by atoms with Crippen LogP contribution >= 0.6 is 11.6 Å². The normalized spacial score (nSPS) is 20.2. The molecule has 0 bridgehead atoms. The van der Waals surface area contributed by atoms with Crippen LogP contribution in [0.25, 0.3) is 0 Å². The van der Waals surface area contributed by atoms with E-state index in [4.69, 9.17) is 11.6 Å². The fourth-order valence-corrected chi connectivity index (χ4v) is 4.26. The molecule has 1 atom stereocenters. The fraction of sp³-hybridized carbons (Fsp3) is 0.417. The Kier molecular flexibility index (Phi) is 4.20. The summed E-state index contributed by atoms with van der Waals surface area (Å²) in [4.78, 5) is 23.7. The van der Waals surface area contributed by atoms with E-state index >= 15 is 0 Å². The van der Waals surface area contributed by atoms with Gasteiger partial charge in [-0.25, -0.2) is 8.42 Å². The van der Waals surface area contributed by atoms with Gasteiger partial charge in [-0.1, -0.05) is 11.6 Å². The highest BCUT2D eigenvalue weighted by Gasteiger charge is 2.33. The first kappa shape index (κ1) is 15.7. The molecule has 1 aromatic carbocycles. The summed E-state index contributed by atoms with van der Waals surface area (Å²) >= 11 is 5.77. The van der Waals surface area contributed by atoms with Gasteiger partial charge in [0.15, 0.2) is 9.84 Å². The number of amides is 1. The first-order valence-electron chi connectivity index (χ1n) is 6.13. The van der Waals surface area contributed by atoms with Gasteiger partial charge in [0.1, 0.15) is 5.02 Å². The third kappa shape index (κ3) is 3.33. The van der Waals surface area contributed by atoms with Gasteiger partial charge < -0.3 is 4.90 Å². The van der Waals surface area contributed by atoms with Crippen LogP contribution in [0.4, 0.5) is 5.69 Å². The van der Waals surface area contributed by atoms with E-state index < -0.39 is 20.7 Å². The third-order valence-corrected chi connectivity index (χ3v) is 5.52. The molecule has 1 fully saturated rings. The lowest BCUT2D eigenvalue weighted by molar-refractivity contribution is -0.384. The lowest BCUT2D eigenvalue weighted by atomic mass is 10.1. The highest BCUT2D eigenvalue weighted by atomic mass is 35.5. The van der Waals surface area contributed by atoms with Gasteiger partial charge in [-0.15, -0.1) is 0 Å². The van der Waals surface area contributed by atoms with Crippen LogP contribution in [0, 0.1) is 10.1 Å². The van der Waals surface area contributed by atoms with Crippen molar-refractivity contribution in [1.29, 1.82) is 0 Å². The molecule has 0 radical (unpaired) electrons. The Hall–Kier alpha value is -1.67. The highest BCUT2D eigenvalue weighted by Crippen LogP contribution is 2.26. The van der Waals surface area contributed by atoms with E-state index in [9.17, 15) is 23.3 Å².